The van der Waals surface area contributed by atoms with Gasteiger partial charge in [0, 0.05) is 16.6 Å². The molecule has 1 aromatic rings. The van der Waals surface area contributed by atoms with Gasteiger partial charge in [0.15, 0.2) is 0 Å². The Kier molecular flexibility index (Phi) is 6.24. The number of rotatable bonds is 6. The van der Waals surface area contributed by atoms with E-state index in [1.807, 2.05) is 13.8 Å². The van der Waals surface area contributed by atoms with Gasteiger partial charge in [-0.15, -0.1) is 0 Å². The first kappa shape index (κ1) is 16.9. The Labute approximate surface area is 128 Å². The van der Waals surface area contributed by atoms with Gasteiger partial charge < -0.3 is 4.74 Å². The maximum Gasteiger partial charge on any atom is 0.233 e. The maximum absolute atomic E-state index is 11.1. The van der Waals surface area contributed by atoms with Crippen LogP contribution in [0.5, 0.6) is 5.75 Å². The second-order valence-electron chi connectivity index (χ2n) is 4.57. The van der Waals surface area contributed by atoms with E-state index in [4.69, 9.17) is 38.6 Å². The lowest BCUT2D eigenvalue weighted by atomic mass is 9.99. The van der Waals surface area contributed by atoms with Gasteiger partial charge in [0.2, 0.25) is 9.05 Å². The quantitative estimate of drug-likeness (QED) is 0.725. The van der Waals surface area contributed by atoms with Gasteiger partial charge in [-0.1, -0.05) is 43.1 Å². The van der Waals surface area contributed by atoms with E-state index in [0.29, 0.717) is 15.8 Å². The Morgan fingerprint density at radius 2 is 1.89 bits per heavy atom. The smallest absolute Gasteiger partial charge is 0.233 e. The average Bonchev–Trinajstić information content (AvgIpc) is 2.27. The zero-order chi connectivity index (χ0) is 14.6. The van der Waals surface area contributed by atoms with E-state index < -0.39 is 9.05 Å². The highest BCUT2D eigenvalue weighted by Gasteiger charge is 2.21. The predicted molar refractivity (Wildman–Crippen MR) is 79.9 cm³/mol. The minimum Gasteiger partial charge on any atom is -0.492 e. The minimum atomic E-state index is -3.56. The lowest BCUT2D eigenvalue weighted by Crippen LogP contribution is -2.24. The lowest BCUT2D eigenvalue weighted by Gasteiger charge is -2.20. The summed E-state index contributed by atoms with van der Waals surface area (Å²) in [5.74, 6) is 0.209. The van der Waals surface area contributed by atoms with E-state index >= 15 is 0 Å². The van der Waals surface area contributed by atoms with Crippen LogP contribution < -0.4 is 4.74 Å². The molecule has 1 aromatic carbocycles. The van der Waals surface area contributed by atoms with Crippen LogP contribution in [0.2, 0.25) is 10.0 Å². The number of benzene rings is 1. The molecular weight excluding hydrogens is 331 g/mol. The number of hydrogen-bond acceptors (Lipinski definition) is 3. The molecule has 0 heterocycles. The molecule has 0 saturated carbocycles. The monoisotopic (exact) mass is 344 g/mol. The van der Waals surface area contributed by atoms with E-state index in [2.05, 4.69) is 0 Å². The summed E-state index contributed by atoms with van der Waals surface area (Å²) in [7, 11) is 1.72. The molecule has 1 rings (SSSR count). The van der Waals surface area contributed by atoms with Crippen molar-refractivity contribution in [3.8, 4) is 5.75 Å². The predicted octanol–water partition coefficient (Wildman–Crippen LogP) is 4.21. The van der Waals surface area contributed by atoms with Gasteiger partial charge in [-0.25, -0.2) is 8.42 Å². The summed E-state index contributed by atoms with van der Waals surface area (Å²) in [4.78, 5) is 0. The first-order valence-electron chi connectivity index (χ1n) is 5.70. The Morgan fingerprint density at radius 3 is 2.42 bits per heavy atom. The SMILES string of the molecule is CC(C)C(COc1cccc(Cl)c1Cl)CS(=O)(=O)Cl. The molecule has 108 valence electrons. The summed E-state index contributed by atoms with van der Waals surface area (Å²) in [5, 5.41) is 0.714. The van der Waals surface area contributed by atoms with Crippen LogP contribution in [0.25, 0.3) is 0 Å². The third kappa shape index (κ3) is 5.78. The van der Waals surface area contributed by atoms with Crippen LogP contribution in [-0.2, 0) is 9.05 Å². The fourth-order valence-electron chi connectivity index (χ4n) is 1.48. The first-order chi connectivity index (χ1) is 8.70. The molecule has 1 atom stereocenters. The molecule has 0 spiro atoms. The summed E-state index contributed by atoms with van der Waals surface area (Å²) in [6.07, 6.45) is 0. The van der Waals surface area contributed by atoms with Crippen molar-refractivity contribution in [3.05, 3.63) is 28.2 Å². The zero-order valence-electron chi connectivity index (χ0n) is 10.6. The highest BCUT2D eigenvalue weighted by Crippen LogP contribution is 2.32. The minimum absolute atomic E-state index is 0.117. The van der Waals surface area contributed by atoms with Crippen LogP contribution in [0, 0.1) is 11.8 Å². The molecule has 3 nitrogen and oxygen atoms in total. The average molecular weight is 346 g/mol. The molecule has 0 bridgehead atoms. The molecule has 0 fully saturated rings. The molecule has 0 amide bonds. The van der Waals surface area contributed by atoms with Gasteiger partial charge in [0.1, 0.15) is 10.8 Å². The van der Waals surface area contributed by atoms with Gasteiger partial charge >= 0.3 is 0 Å². The second-order valence-corrected chi connectivity index (χ2v) is 8.18. The maximum atomic E-state index is 11.1. The molecule has 0 aliphatic heterocycles. The van der Waals surface area contributed by atoms with Crippen molar-refractivity contribution in [2.75, 3.05) is 12.4 Å². The highest BCUT2D eigenvalue weighted by molar-refractivity contribution is 8.13. The number of hydrogen-bond donors (Lipinski definition) is 0. The van der Waals surface area contributed by atoms with Crippen molar-refractivity contribution in [2.45, 2.75) is 13.8 Å². The molecule has 7 heteroatoms. The fraction of sp³-hybridized carbons (Fsp3) is 0.500. The largest absolute Gasteiger partial charge is 0.492 e. The van der Waals surface area contributed by atoms with Crippen LogP contribution >= 0.6 is 33.9 Å². The van der Waals surface area contributed by atoms with Crippen molar-refractivity contribution in [2.24, 2.45) is 11.8 Å². The van der Waals surface area contributed by atoms with Crippen LogP contribution in [0.4, 0.5) is 0 Å². The molecule has 1 unspecified atom stereocenters. The van der Waals surface area contributed by atoms with Gasteiger partial charge in [0.25, 0.3) is 0 Å². The molecule has 0 aliphatic carbocycles. The second kappa shape index (κ2) is 7.02. The van der Waals surface area contributed by atoms with Crippen molar-refractivity contribution in [1.82, 2.24) is 0 Å². The van der Waals surface area contributed by atoms with Crippen molar-refractivity contribution < 1.29 is 13.2 Å². The summed E-state index contributed by atoms with van der Waals surface area (Å²) >= 11 is 11.9. The Bertz CT molecular complexity index is 529. The van der Waals surface area contributed by atoms with Crippen LogP contribution in [0.15, 0.2) is 18.2 Å². The van der Waals surface area contributed by atoms with Crippen molar-refractivity contribution in [3.63, 3.8) is 0 Å². The van der Waals surface area contributed by atoms with Crippen LogP contribution in [0.1, 0.15) is 13.8 Å². The highest BCUT2D eigenvalue weighted by atomic mass is 35.7. The lowest BCUT2D eigenvalue weighted by molar-refractivity contribution is 0.225. The molecular formula is C12H15Cl3O3S. The standard InChI is InChI=1S/C12H15Cl3O3S/c1-8(2)9(7-19(15,16)17)6-18-11-5-3-4-10(13)12(11)14/h3-5,8-9H,6-7H2,1-2H3. The van der Waals surface area contributed by atoms with E-state index in [-0.39, 0.29) is 24.2 Å². The topological polar surface area (TPSA) is 43.4 Å². The van der Waals surface area contributed by atoms with Crippen LogP contribution in [-0.4, -0.2) is 20.8 Å². The van der Waals surface area contributed by atoms with Crippen molar-refractivity contribution >= 4 is 42.9 Å². The zero-order valence-corrected chi connectivity index (χ0v) is 13.7. The Morgan fingerprint density at radius 1 is 1.26 bits per heavy atom. The van der Waals surface area contributed by atoms with E-state index in [0.717, 1.165) is 0 Å². The third-order valence-electron chi connectivity index (χ3n) is 2.73. The van der Waals surface area contributed by atoms with Gasteiger partial charge in [0.05, 0.1) is 17.4 Å². The summed E-state index contributed by atoms with van der Waals surface area (Å²) in [5.41, 5.74) is 0. The van der Waals surface area contributed by atoms with Gasteiger partial charge in [-0.05, 0) is 18.1 Å². The van der Waals surface area contributed by atoms with Crippen molar-refractivity contribution in [1.29, 1.82) is 0 Å². The van der Waals surface area contributed by atoms with Gasteiger partial charge in [-0.2, -0.15) is 0 Å². The number of halogens is 3. The first-order valence-corrected chi connectivity index (χ1v) is 8.93. The van der Waals surface area contributed by atoms with Gasteiger partial charge in [-0.3, -0.25) is 0 Å². The van der Waals surface area contributed by atoms with Crippen LogP contribution in [0.3, 0.4) is 0 Å². The molecule has 0 saturated heterocycles. The molecule has 0 N–H and O–H groups in total. The van der Waals surface area contributed by atoms with E-state index in [1.54, 1.807) is 18.2 Å². The normalized spacial score (nSPS) is 13.6. The number of ether oxygens (including phenoxy) is 1. The summed E-state index contributed by atoms with van der Waals surface area (Å²) < 4.78 is 27.8. The summed E-state index contributed by atoms with van der Waals surface area (Å²) in [6, 6.07) is 5.05. The molecule has 19 heavy (non-hydrogen) atoms. The van der Waals surface area contributed by atoms with E-state index in [1.165, 1.54) is 0 Å². The fourth-order valence-corrected chi connectivity index (χ4v) is 3.31. The molecule has 0 aromatic heterocycles. The summed E-state index contributed by atoms with van der Waals surface area (Å²) in [6.45, 7) is 4.04. The molecule has 0 aliphatic rings. The molecule has 0 radical (unpaired) electrons. The van der Waals surface area contributed by atoms with E-state index in [9.17, 15) is 8.42 Å². The Hall–Kier alpha value is -0.160. The Balaban J connectivity index is 2.74. The third-order valence-corrected chi connectivity index (χ3v) is 4.73.